The molecule has 1 unspecified atom stereocenters. The fourth-order valence-corrected chi connectivity index (χ4v) is 5.16. The zero-order valence-electron chi connectivity index (χ0n) is 17.5. The maximum Gasteiger partial charge on any atom is 0.426 e. The summed E-state index contributed by atoms with van der Waals surface area (Å²) in [7, 11) is -4.09. The fraction of sp³-hybridized carbons (Fsp3) is 0.429. The maximum absolute atomic E-state index is 13.1. The first-order valence-corrected chi connectivity index (χ1v) is 11.4. The van der Waals surface area contributed by atoms with E-state index in [9.17, 15) is 36.3 Å². The van der Waals surface area contributed by atoms with Gasteiger partial charge in [0.1, 0.15) is 5.75 Å². The van der Waals surface area contributed by atoms with Crippen LogP contribution in [-0.4, -0.2) is 43.1 Å². The van der Waals surface area contributed by atoms with Crippen LogP contribution < -0.4 is 10.1 Å². The molecule has 0 aromatic heterocycles. The molecule has 3 rings (SSSR count). The Bertz CT molecular complexity index is 1150. The molecular formula is C21H22F3NO6S. The number of allylic oxidation sites excluding steroid dienone is 3. The first-order chi connectivity index (χ1) is 14.6. The van der Waals surface area contributed by atoms with E-state index in [4.69, 9.17) is 4.74 Å². The van der Waals surface area contributed by atoms with Gasteiger partial charge in [-0.2, -0.15) is 13.2 Å². The molecule has 1 heterocycles. The van der Waals surface area contributed by atoms with Crippen molar-refractivity contribution < 1.29 is 41.0 Å². The van der Waals surface area contributed by atoms with Crippen LogP contribution >= 0.6 is 0 Å². The van der Waals surface area contributed by atoms with Crippen molar-refractivity contribution in [2.45, 2.75) is 57.2 Å². The van der Waals surface area contributed by atoms with Crippen LogP contribution in [0.4, 0.5) is 13.2 Å². The average Bonchev–Trinajstić information content (AvgIpc) is 2.75. The van der Waals surface area contributed by atoms with Gasteiger partial charge in [0, 0.05) is 23.3 Å². The number of sulfone groups is 1. The molecule has 0 bridgehead atoms. The van der Waals surface area contributed by atoms with Gasteiger partial charge in [-0.3, -0.25) is 9.59 Å². The van der Waals surface area contributed by atoms with E-state index in [1.165, 1.54) is 0 Å². The van der Waals surface area contributed by atoms with Crippen LogP contribution in [-0.2, 0) is 31.6 Å². The van der Waals surface area contributed by atoms with Crippen LogP contribution in [0.1, 0.15) is 38.3 Å². The Labute approximate surface area is 182 Å². The molecule has 1 aromatic carbocycles. The molecule has 0 spiro atoms. The summed E-state index contributed by atoms with van der Waals surface area (Å²) in [5, 5.41) is 11.4. The molecule has 0 saturated carbocycles. The normalized spacial score (nSPS) is 20.0. The molecule has 11 heteroatoms. The topological polar surface area (TPSA) is 110 Å². The van der Waals surface area contributed by atoms with Gasteiger partial charge in [0.05, 0.1) is 23.2 Å². The number of fused-ring (bicyclic) bond motifs is 1. The summed E-state index contributed by atoms with van der Waals surface area (Å²) in [5.41, 5.74) is -3.07. The molecule has 0 radical (unpaired) electrons. The molecule has 1 aliphatic carbocycles. The lowest BCUT2D eigenvalue weighted by molar-refractivity contribution is -0.244. The van der Waals surface area contributed by atoms with Crippen molar-refractivity contribution in [2.24, 2.45) is 0 Å². The number of hydrogen-bond acceptors (Lipinski definition) is 6. The van der Waals surface area contributed by atoms with E-state index >= 15 is 0 Å². The van der Waals surface area contributed by atoms with Crippen molar-refractivity contribution in [2.75, 3.05) is 0 Å². The number of aliphatic hydroxyl groups is 1. The molecule has 7 nitrogen and oxygen atoms in total. The number of carbonyl (C=O) groups excluding carboxylic acids is 2. The Hall–Kier alpha value is -2.66. The number of alkyl halides is 3. The van der Waals surface area contributed by atoms with Gasteiger partial charge in [0.15, 0.2) is 15.6 Å². The number of ketones is 1. The van der Waals surface area contributed by atoms with E-state index < -0.39 is 45.5 Å². The van der Waals surface area contributed by atoms with E-state index in [0.717, 1.165) is 6.08 Å². The summed E-state index contributed by atoms with van der Waals surface area (Å²) < 4.78 is 70.7. The molecule has 0 fully saturated rings. The maximum atomic E-state index is 13.1. The summed E-state index contributed by atoms with van der Waals surface area (Å²) >= 11 is 0. The monoisotopic (exact) mass is 473 g/mol. The number of rotatable bonds is 4. The summed E-state index contributed by atoms with van der Waals surface area (Å²) in [6.45, 7) is 3.84. The van der Waals surface area contributed by atoms with Crippen molar-refractivity contribution in [1.82, 2.24) is 5.32 Å². The van der Waals surface area contributed by atoms with Crippen LogP contribution in [0.5, 0.6) is 5.75 Å². The number of ether oxygens (including phenoxy) is 1. The second-order valence-electron chi connectivity index (χ2n) is 8.13. The number of carbonyl (C=O) groups is 2. The van der Waals surface area contributed by atoms with Crippen LogP contribution in [0, 0.1) is 0 Å². The molecule has 0 saturated heterocycles. The lowest BCUT2D eigenvalue weighted by Crippen LogP contribution is -2.54. The minimum atomic E-state index is -5.26. The van der Waals surface area contributed by atoms with Gasteiger partial charge in [0.2, 0.25) is 5.60 Å². The molecule has 1 aliphatic heterocycles. The van der Waals surface area contributed by atoms with Gasteiger partial charge in [0.25, 0.3) is 5.91 Å². The van der Waals surface area contributed by atoms with Gasteiger partial charge in [-0.1, -0.05) is 12.1 Å². The Kier molecular flexibility index (Phi) is 6.03. The molecule has 2 aliphatic rings. The molecular weight excluding hydrogens is 451 g/mol. The largest absolute Gasteiger partial charge is 0.491 e. The number of hydrogen-bond donors (Lipinski definition) is 2. The number of amides is 1. The van der Waals surface area contributed by atoms with Gasteiger partial charge >= 0.3 is 6.18 Å². The van der Waals surface area contributed by atoms with Crippen LogP contribution in [0.25, 0.3) is 0 Å². The Balaban J connectivity index is 2.01. The highest BCUT2D eigenvalue weighted by molar-refractivity contribution is 7.94. The third-order valence-electron chi connectivity index (χ3n) is 5.19. The third-order valence-corrected chi connectivity index (χ3v) is 6.89. The van der Waals surface area contributed by atoms with E-state index in [0.29, 0.717) is 16.9 Å². The predicted molar refractivity (Wildman–Crippen MR) is 108 cm³/mol. The van der Waals surface area contributed by atoms with Crippen molar-refractivity contribution in [3.8, 4) is 5.75 Å². The minimum Gasteiger partial charge on any atom is -0.491 e. The van der Waals surface area contributed by atoms with Crippen LogP contribution in [0.3, 0.4) is 0 Å². The SMILES string of the molecule is CC(C)Oc1cccc2c1CS(=O)(=O)C1=C(C2)C(=O)CC(NC(=O)C(C)(O)C(F)(F)F)=C1. The zero-order valence-corrected chi connectivity index (χ0v) is 18.4. The van der Waals surface area contributed by atoms with Crippen molar-refractivity contribution in [3.63, 3.8) is 0 Å². The van der Waals surface area contributed by atoms with Crippen molar-refractivity contribution in [3.05, 3.63) is 51.6 Å². The number of benzene rings is 1. The van der Waals surface area contributed by atoms with Crippen LogP contribution in [0.15, 0.2) is 40.5 Å². The summed E-state index contributed by atoms with van der Waals surface area (Å²) in [4.78, 5) is 24.4. The third kappa shape index (κ3) is 4.44. The highest BCUT2D eigenvalue weighted by Crippen LogP contribution is 2.37. The van der Waals surface area contributed by atoms with Gasteiger partial charge in [-0.25, -0.2) is 8.42 Å². The van der Waals surface area contributed by atoms with Crippen molar-refractivity contribution in [1.29, 1.82) is 0 Å². The first kappa shape index (κ1) is 24.0. The van der Waals surface area contributed by atoms with E-state index in [2.05, 4.69) is 0 Å². The Morgan fingerprint density at radius 2 is 1.88 bits per heavy atom. The van der Waals surface area contributed by atoms with E-state index in [1.807, 2.05) is 5.32 Å². The standard InChI is InChI=1S/C21H22F3NO6S/c1-11(2)31-17-6-4-5-12-7-14-16(26)8-13(9-18(14)32(29,30)10-15(12)17)25-19(27)20(3,28)21(22,23)24/h4-6,9,11,28H,7-8,10H2,1-3H3,(H,25,27). The Morgan fingerprint density at radius 1 is 1.22 bits per heavy atom. The molecule has 1 amide bonds. The highest BCUT2D eigenvalue weighted by Gasteiger charge is 2.56. The lowest BCUT2D eigenvalue weighted by Gasteiger charge is -2.26. The second-order valence-corrected chi connectivity index (χ2v) is 10.1. The molecule has 2 N–H and O–H groups in total. The second kappa shape index (κ2) is 8.04. The minimum absolute atomic E-state index is 0.00395. The summed E-state index contributed by atoms with van der Waals surface area (Å²) in [5.74, 6) is -2.56. The van der Waals surface area contributed by atoms with Crippen molar-refractivity contribution >= 4 is 21.5 Å². The average molecular weight is 473 g/mol. The van der Waals surface area contributed by atoms with Gasteiger partial charge in [-0.05, 0) is 38.5 Å². The van der Waals surface area contributed by atoms with E-state index in [1.54, 1.807) is 32.0 Å². The number of nitrogens with one attached hydrogen (secondary N) is 1. The first-order valence-electron chi connectivity index (χ1n) is 9.71. The molecule has 174 valence electrons. The van der Waals surface area contributed by atoms with Gasteiger partial charge < -0.3 is 15.2 Å². The molecule has 1 aromatic rings. The fourth-order valence-electron chi connectivity index (χ4n) is 3.42. The molecule has 1 atom stereocenters. The highest BCUT2D eigenvalue weighted by atomic mass is 32.2. The quantitative estimate of drug-likeness (QED) is 0.696. The van der Waals surface area contributed by atoms with E-state index in [-0.39, 0.29) is 35.6 Å². The van der Waals surface area contributed by atoms with Gasteiger partial charge in [-0.15, -0.1) is 0 Å². The lowest BCUT2D eigenvalue weighted by atomic mass is 9.92. The Morgan fingerprint density at radius 3 is 2.47 bits per heavy atom. The number of Topliss-reactive ketones (excluding diaryl/α,β-unsaturated/α-hetero) is 1. The van der Waals surface area contributed by atoms with Crippen LogP contribution in [0.2, 0.25) is 0 Å². The predicted octanol–water partition coefficient (Wildman–Crippen LogP) is 2.49. The zero-order chi connectivity index (χ0) is 24.1. The number of halogens is 3. The summed E-state index contributed by atoms with van der Waals surface area (Å²) in [6, 6.07) is 4.99. The molecule has 32 heavy (non-hydrogen) atoms. The smallest absolute Gasteiger partial charge is 0.426 e. The summed E-state index contributed by atoms with van der Waals surface area (Å²) in [6.07, 6.45) is -5.00.